The summed E-state index contributed by atoms with van der Waals surface area (Å²) in [5.41, 5.74) is 0. The van der Waals surface area contributed by atoms with E-state index in [0.717, 1.165) is 6.04 Å². The molecule has 0 unspecified atom stereocenters. The van der Waals surface area contributed by atoms with Gasteiger partial charge in [-0.1, -0.05) is 132 Å². The lowest BCUT2D eigenvalue weighted by Crippen LogP contribution is -1.91. The summed E-state index contributed by atoms with van der Waals surface area (Å²) in [7, 11) is -1.33. The normalized spacial score (nSPS) is 11.5. The Morgan fingerprint density at radius 2 is 0.640 bits per heavy atom. The highest BCUT2D eigenvalue weighted by Gasteiger charge is 2.00. The summed E-state index contributed by atoms with van der Waals surface area (Å²) in [4.78, 5) is 0. The van der Waals surface area contributed by atoms with Gasteiger partial charge in [-0.05, 0) is 12.5 Å². The molecule has 0 aliphatic carbocycles. The van der Waals surface area contributed by atoms with Crippen molar-refractivity contribution in [2.45, 2.75) is 128 Å². The molecule has 0 fully saturated rings. The van der Waals surface area contributed by atoms with Crippen LogP contribution in [0.2, 0.25) is 6.04 Å². The molecule has 0 nitrogen and oxygen atoms in total. The van der Waals surface area contributed by atoms with Gasteiger partial charge in [0, 0.05) is 5.33 Å². The Labute approximate surface area is 178 Å². The second-order valence-electron chi connectivity index (χ2n) is 7.59. The minimum absolute atomic E-state index is 1.10. The topological polar surface area (TPSA) is 0 Å². The molecule has 0 spiro atoms. The first-order chi connectivity index (χ1) is 12.3. The lowest BCUT2D eigenvalue weighted by atomic mass is 10.0. The van der Waals surface area contributed by atoms with Crippen LogP contribution in [-0.4, -0.2) is 12.7 Å². The molecule has 0 aromatic carbocycles. The Morgan fingerprint density at radius 1 is 0.400 bits per heavy atom. The molecule has 0 heterocycles. The maximum atomic E-state index is 5.87. The van der Waals surface area contributed by atoms with Gasteiger partial charge in [-0.25, -0.2) is 0 Å². The van der Waals surface area contributed by atoms with Crippen molar-refractivity contribution in [3.8, 4) is 0 Å². The molecule has 0 bridgehead atoms. The summed E-state index contributed by atoms with van der Waals surface area (Å²) in [6.45, 7) is 0. The molecule has 0 radical (unpaired) electrons. The monoisotopic (exact) mass is 472 g/mol. The third-order valence-corrected chi connectivity index (χ3v) is 7.77. The van der Waals surface area contributed by atoms with Gasteiger partial charge in [0.2, 0.25) is 7.42 Å². The molecule has 0 saturated heterocycles. The number of hydrogen-bond donors (Lipinski definition) is 0. The zero-order valence-electron chi connectivity index (χ0n) is 16.6. The summed E-state index contributed by atoms with van der Waals surface area (Å²) in [5, 5.41) is 1.18. The SMILES string of the molecule is Cl[SiH](Cl)CCCCCCCCCCCCCCCCCCCCCBr. The fourth-order valence-electron chi connectivity index (χ4n) is 3.40. The highest BCUT2D eigenvalue weighted by atomic mass is 79.9. The quantitative estimate of drug-likeness (QED) is 0.0673. The maximum Gasteiger partial charge on any atom is 0.237 e. The van der Waals surface area contributed by atoms with Crippen molar-refractivity contribution in [2.24, 2.45) is 0 Å². The Hall–Kier alpha value is 1.28. The molecule has 0 amide bonds. The molecular weight excluding hydrogens is 431 g/mol. The average molecular weight is 474 g/mol. The number of hydrogen-bond acceptors (Lipinski definition) is 0. The standard InChI is InChI=1S/C21H43BrCl2Si/c22-20-18-16-14-12-10-8-6-4-2-1-3-5-7-9-11-13-15-17-19-21-25(23)24/h25H,1-21H2. The fourth-order valence-corrected chi connectivity index (χ4v) is 5.32. The van der Waals surface area contributed by atoms with Crippen molar-refractivity contribution >= 4 is 45.5 Å². The fraction of sp³-hybridized carbons (Fsp3) is 1.00. The summed E-state index contributed by atoms with van der Waals surface area (Å²) < 4.78 is 0. The molecule has 0 saturated carbocycles. The van der Waals surface area contributed by atoms with Crippen LogP contribution in [0.1, 0.15) is 122 Å². The van der Waals surface area contributed by atoms with E-state index in [1.807, 2.05) is 0 Å². The number of alkyl halides is 1. The molecule has 4 heteroatoms. The second kappa shape index (κ2) is 23.3. The van der Waals surface area contributed by atoms with E-state index in [4.69, 9.17) is 22.2 Å². The first kappa shape index (κ1) is 26.3. The van der Waals surface area contributed by atoms with E-state index < -0.39 is 7.42 Å². The Morgan fingerprint density at radius 3 is 0.880 bits per heavy atom. The van der Waals surface area contributed by atoms with Gasteiger partial charge in [-0.2, -0.15) is 22.2 Å². The van der Waals surface area contributed by atoms with Crippen LogP contribution in [0.15, 0.2) is 0 Å². The maximum absolute atomic E-state index is 5.87. The van der Waals surface area contributed by atoms with Crippen molar-refractivity contribution in [3.63, 3.8) is 0 Å². The smallest absolute Gasteiger partial charge is 0.150 e. The zero-order valence-corrected chi connectivity index (χ0v) is 20.8. The molecule has 0 N–H and O–H groups in total. The third-order valence-electron chi connectivity index (χ3n) is 5.06. The molecule has 25 heavy (non-hydrogen) atoms. The third kappa shape index (κ3) is 25.3. The van der Waals surface area contributed by atoms with Gasteiger partial charge in [-0.15, -0.1) is 0 Å². The molecule has 0 aromatic rings. The predicted molar refractivity (Wildman–Crippen MR) is 125 cm³/mol. The van der Waals surface area contributed by atoms with Crippen LogP contribution in [0.25, 0.3) is 0 Å². The molecule has 0 aromatic heterocycles. The van der Waals surface area contributed by atoms with E-state index in [-0.39, 0.29) is 0 Å². The van der Waals surface area contributed by atoms with Crippen molar-refractivity contribution in [2.75, 3.05) is 5.33 Å². The number of unbranched alkanes of at least 4 members (excludes halogenated alkanes) is 18. The lowest BCUT2D eigenvalue weighted by Gasteiger charge is -2.04. The molecule has 0 rings (SSSR count). The van der Waals surface area contributed by atoms with E-state index in [0.29, 0.717) is 0 Å². The van der Waals surface area contributed by atoms with Gasteiger partial charge in [0.25, 0.3) is 0 Å². The van der Waals surface area contributed by atoms with Gasteiger partial charge in [-0.3, -0.25) is 0 Å². The van der Waals surface area contributed by atoms with Crippen LogP contribution in [-0.2, 0) is 0 Å². The van der Waals surface area contributed by atoms with E-state index >= 15 is 0 Å². The molecule has 0 atom stereocenters. The van der Waals surface area contributed by atoms with Crippen LogP contribution >= 0.6 is 38.1 Å². The molecule has 0 aliphatic heterocycles. The Balaban J connectivity index is 2.96. The van der Waals surface area contributed by atoms with Gasteiger partial charge in [0.05, 0.1) is 0 Å². The average Bonchev–Trinajstić information content (AvgIpc) is 2.60. The minimum atomic E-state index is -1.33. The Bertz CT molecular complexity index is 240. The first-order valence-corrected chi connectivity index (χ1v) is 16.5. The van der Waals surface area contributed by atoms with Gasteiger partial charge in [0.15, 0.2) is 0 Å². The molecular formula is C21H43BrCl2Si. The highest BCUT2D eigenvalue weighted by molar-refractivity contribution is 9.09. The van der Waals surface area contributed by atoms with Crippen LogP contribution in [0.3, 0.4) is 0 Å². The van der Waals surface area contributed by atoms with Crippen molar-refractivity contribution < 1.29 is 0 Å². The van der Waals surface area contributed by atoms with Gasteiger partial charge >= 0.3 is 0 Å². The van der Waals surface area contributed by atoms with Crippen LogP contribution < -0.4 is 0 Å². The van der Waals surface area contributed by atoms with E-state index in [1.165, 1.54) is 127 Å². The number of rotatable bonds is 21. The largest absolute Gasteiger partial charge is 0.237 e. The number of halogens is 3. The summed E-state index contributed by atoms with van der Waals surface area (Å²) in [5.74, 6) is 0. The highest BCUT2D eigenvalue weighted by Crippen LogP contribution is 2.15. The second-order valence-corrected chi connectivity index (χ2v) is 13.6. The molecule has 152 valence electrons. The summed E-state index contributed by atoms with van der Waals surface area (Å²) in [6, 6.07) is 1.10. The van der Waals surface area contributed by atoms with Crippen LogP contribution in [0, 0.1) is 0 Å². The summed E-state index contributed by atoms with van der Waals surface area (Å²) in [6.07, 6.45) is 27.1. The van der Waals surface area contributed by atoms with Gasteiger partial charge < -0.3 is 0 Å². The van der Waals surface area contributed by atoms with E-state index in [9.17, 15) is 0 Å². The van der Waals surface area contributed by atoms with Crippen molar-refractivity contribution in [3.05, 3.63) is 0 Å². The Kier molecular flexibility index (Phi) is 24.5. The van der Waals surface area contributed by atoms with Crippen LogP contribution in [0.4, 0.5) is 0 Å². The van der Waals surface area contributed by atoms with E-state index in [1.54, 1.807) is 0 Å². The lowest BCUT2D eigenvalue weighted by molar-refractivity contribution is 0.525. The predicted octanol–water partition coefficient (Wildman–Crippen LogP) is 9.49. The van der Waals surface area contributed by atoms with E-state index in [2.05, 4.69) is 15.9 Å². The van der Waals surface area contributed by atoms with Crippen LogP contribution in [0.5, 0.6) is 0 Å². The van der Waals surface area contributed by atoms with Gasteiger partial charge in [0.1, 0.15) is 0 Å². The first-order valence-electron chi connectivity index (χ1n) is 11.1. The zero-order chi connectivity index (χ0) is 18.4. The molecule has 0 aliphatic rings. The summed E-state index contributed by atoms with van der Waals surface area (Å²) >= 11 is 15.2. The van der Waals surface area contributed by atoms with Crippen molar-refractivity contribution in [1.82, 2.24) is 0 Å². The van der Waals surface area contributed by atoms with Crippen molar-refractivity contribution in [1.29, 1.82) is 0 Å². The minimum Gasteiger partial charge on any atom is -0.150 e.